The second kappa shape index (κ2) is 5.65. The molecule has 0 aliphatic rings. The molecule has 0 aromatic heterocycles. The summed E-state index contributed by atoms with van der Waals surface area (Å²) in [5.74, 6) is 0. The summed E-state index contributed by atoms with van der Waals surface area (Å²) in [7, 11) is 0. The Morgan fingerprint density at radius 3 is 1.62 bits per heavy atom. The standard InChI is InChI=1S/C3H7.2C2H5.Fe/c1-3-2;2*1-2;/h1,3H2,2H3;2*1H2,2H3;. The summed E-state index contributed by atoms with van der Waals surface area (Å²) in [4.78, 5) is 0. The van der Waals surface area contributed by atoms with E-state index in [1.165, 1.54) is 22.4 Å². The first-order valence-corrected chi connectivity index (χ1v) is 5.71. The average molecular weight is 157 g/mol. The van der Waals surface area contributed by atoms with Gasteiger partial charge in [0.15, 0.2) is 0 Å². The second-order valence-electron chi connectivity index (χ2n) is 1.71. The molecule has 8 heavy (non-hydrogen) atoms. The third-order valence-electron chi connectivity index (χ3n) is 1.13. The van der Waals surface area contributed by atoms with Gasteiger partial charge in [-0.3, -0.25) is 0 Å². The molecule has 0 bridgehead atoms. The van der Waals surface area contributed by atoms with Crippen LogP contribution in [0.1, 0.15) is 27.2 Å². The summed E-state index contributed by atoms with van der Waals surface area (Å²) >= 11 is 0.285. The molecular weight excluding hydrogens is 140 g/mol. The average Bonchev–Trinajstić information content (AvgIpc) is 1.83. The van der Waals surface area contributed by atoms with Gasteiger partial charge in [-0.05, 0) is 0 Å². The minimum atomic E-state index is 0.285. The van der Waals surface area contributed by atoms with Gasteiger partial charge in [-0.15, -0.1) is 0 Å². The van der Waals surface area contributed by atoms with Gasteiger partial charge in [0.1, 0.15) is 0 Å². The van der Waals surface area contributed by atoms with Crippen LogP contribution in [-0.2, 0) is 13.9 Å². The van der Waals surface area contributed by atoms with Gasteiger partial charge in [0, 0.05) is 0 Å². The third-order valence-corrected chi connectivity index (χ3v) is 4.68. The molecule has 53 valence electrons. The minimum absolute atomic E-state index is 0.285. The fraction of sp³-hybridized carbons (Fsp3) is 1.00. The predicted molar refractivity (Wildman–Crippen MR) is 36.1 cm³/mol. The Labute approximate surface area is 57.6 Å². The molecule has 0 aromatic rings. The van der Waals surface area contributed by atoms with Crippen LogP contribution in [0.5, 0.6) is 0 Å². The van der Waals surface area contributed by atoms with Gasteiger partial charge in [0.2, 0.25) is 0 Å². The van der Waals surface area contributed by atoms with Crippen LogP contribution >= 0.6 is 0 Å². The second-order valence-corrected chi connectivity index (χ2v) is 5.48. The van der Waals surface area contributed by atoms with Gasteiger partial charge in [0.05, 0.1) is 0 Å². The summed E-state index contributed by atoms with van der Waals surface area (Å²) in [6.07, 6.45) is 1.39. The first-order valence-electron chi connectivity index (χ1n) is 3.37. The quantitative estimate of drug-likeness (QED) is 0.549. The number of hydrogen-bond acceptors (Lipinski definition) is 0. The molecule has 0 aliphatic heterocycles. The molecule has 0 amide bonds. The van der Waals surface area contributed by atoms with Crippen LogP contribution in [0.25, 0.3) is 0 Å². The summed E-state index contributed by atoms with van der Waals surface area (Å²) in [6.45, 7) is 6.92. The zero-order chi connectivity index (χ0) is 6.41. The SMILES string of the molecule is CC[CH2][Fe]([CH2]C)[CH2]C. The molecular formula is C7H17Fe. The summed E-state index contributed by atoms with van der Waals surface area (Å²) in [6, 6.07) is 0. The van der Waals surface area contributed by atoms with Crippen LogP contribution in [-0.4, -0.2) is 0 Å². The third kappa shape index (κ3) is 3.51. The van der Waals surface area contributed by atoms with Gasteiger partial charge in [-0.2, -0.15) is 0 Å². The molecule has 1 heteroatoms. The molecule has 0 saturated carbocycles. The Balaban J connectivity index is 3.07. The predicted octanol–water partition coefficient (Wildman–Crippen LogP) is 3.31. The van der Waals surface area contributed by atoms with Crippen LogP contribution in [0.3, 0.4) is 0 Å². The Hall–Kier alpha value is 0.519. The van der Waals surface area contributed by atoms with Crippen molar-refractivity contribution in [1.29, 1.82) is 0 Å². The van der Waals surface area contributed by atoms with E-state index in [-0.39, 0.29) is 13.9 Å². The van der Waals surface area contributed by atoms with Crippen molar-refractivity contribution in [3.8, 4) is 0 Å². The molecule has 0 nitrogen and oxygen atoms in total. The molecule has 0 aromatic carbocycles. The first kappa shape index (κ1) is 8.52. The van der Waals surface area contributed by atoms with Gasteiger partial charge in [-0.25, -0.2) is 0 Å². The van der Waals surface area contributed by atoms with Crippen molar-refractivity contribution in [2.45, 2.75) is 43.1 Å². The van der Waals surface area contributed by atoms with E-state index in [9.17, 15) is 0 Å². The van der Waals surface area contributed by atoms with E-state index < -0.39 is 0 Å². The van der Waals surface area contributed by atoms with Crippen molar-refractivity contribution in [2.24, 2.45) is 0 Å². The van der Waals surface area contributed by atoms with Crippen molar-refractivity contribution < 1.29 is 13.9 Å². The monoisotopic (exact) mass is 157 g/mol. The van der Waals surface area contributed by atoms with E-state index in [1.54, 1.807) is 0 Å². The molecule has 0 aliphatic carbocycles. The molecule has 0 rings (SSSR count). The fourth-order valence-corrected chi connectivity index (χ4v) is 2.79. The Morgan fingerprint density at radius 1 is 1.00 bits per heavy atom. The maximum atomic E-state index is 2.32. The van der Waals surface area contributed by atoms with E-state index in [2.05, 4.69) is 20.8 Å². The van der Waals surface area contributed by atoms with Crippen molar-refractivity contribution >= 4 is 0 Å². The van der Waals surface area contributed by atoms with Gasteiger partial charge < -0.3 is 0 Å². The molecule has 0 fully saturated rings. The normalized spacial score (nSPS) is 11.6. The molecule has 0 N–H and O–H groups in total. The van der Waals surface area contributed by atoms with Crippen molar-refractivity contribution in [3.05, 3.63) is 0 Å². The molecule has 0 saturated heterocycles. The van der Waals surface area contributed by atoms with Crippen LogP contribution in [0.2, 0.25) is 16.0 Å². The molecule has 0 unspecified atom stereocenters. The van der Waals surface area contributed by atoms with Crippen molar-refractivity contribution in [1.82, 2.24) is 0 Å². The molecule has 0 spiro atoms. The first-order chi connectivity index (χ1) is 3.85. The van der Waals surface area contributed by atoms with E-state index in [0.717, 1.165) is 0 Å². The van der Waals surface area contributed by atoms with Crippen LogP contribution < -0.4 is 0 Å². The van der Waals surface area contributed by atoms with Gasteiger partial charge in [-0.1, -0.05) is 0 Å². The summed E-state index contributed by atoms with van der Waals surface area (Å²) < 4.78 is 0. The zero-order valence-corrected chi connectivity index (χ0v) is 7.29. The van der Waals surface area contributed by atoms with E-state index >= 15 is 0 Å². The Kier molecular flexibility index (Phi) is 6.02. The Bertz CT molecular complexity index is 39.7. The van der Waals surface area contributed by atoms with Gasteiger partial charge >= 0.3 is 57.1 Å². The molecule has 0 heterocycles. The Morgan fingerprint density at radius 2 is 1.50 bits per heavy atom. The summed E-state index contributed by atoms with van der Waals surface area (Å²) in [5.41, 5.74) is 0. The molecule has 0 atom stereocenters. The topological polar surface area (TPSA) is 0 Å². The number of rotatable bonds is 4. The maximum absolute atomic E-state index is 2.32. The molecule has 0 radical (unpaired) electrons. The van der Waals surface area contributed by atoms with E-state index in [4.69, 9.17) is 0 Å². The van der Waals surface area contributed by atoms with Crippen LogP contribution in [0.15, 0.2) is 0 Å². The van der Waals surface area contributed by atoms with E-state index in [0.29, 0.717) is 0 Å². The summed E-state index contributed by atoms with van der Waals surface area (Å²) in [5, 5.41) is 4.40. The zero-order valence-electron chi connectivity index (χ0n) is 6.18. The van der Waals surface area contributed by atoms with Crippen LogP contribution in [0.4, 0.5) is 0 Å². The van der Waals surface area contributed by atoms with Crippen molar-refractivity contribution in [3.63, 3.8) is 0 Å². The fourth-order valence-electron chi connectivity index (χ4n) is 0.677. The van der Waals surface area contributed by atoms with Crippen LogP contribution in [0, 0.1) is 0 Å². The number of hydrogen-bond donors (Lipinski definition) is 0. The van der Waals surface area contributed by atoms with E-state index in [1.807, 2.05) is 0 Å². The van der Waals surface area contributed by atoms with Gasteiger partial charge in [0.25, 0.3) is 0 Å². The van der Waals surface area contributed by atoms with Crippen molar-refractivity contribution in [2.75, 3.05) is 0 Å².